The van der Waals surface area contributed by atoms with Gasteiger partial charge in [0.1, 0.15) is 5.15 Å². The largest absolute Gasteiger partial charge is 0.478 e. The second-order valence-electron chi connectivity index (χ2n) is 5.00. The Bertz CT molecular complexity index is 716. The zero-order valence-corrected chi connectivity index (χ0v) is 13.1. The van der Waals surface area contributed by atoms with Gasteiger partial charge in [-0.05, 0) is 32.1 Å². The zero-order valence-electron chi connectivity index (χ0n) is 12.3. The van der Waals surface area contributed by atoms with Gasteiger partial charge < -0.3 is 14.4 Å². The average Bonchev–Trinajstić information content (AvgIpc) is 2.69. The maximum absolute atomic E-state index is 11.1. The van der Waals surface area contributed by atoms with Crippen LogP contribution in [-0.4, -0.2) is 29.4 Å². The molecule has 0 atom stereocenters. The number of carboxylic acid groups (broad SMARTS) is 1. The number of nitrogens with zero attached hydrogens (tertiary/aromatic N) is 1. The molecule has 21 heavy (non-hydrogen) atoms. The van der Waals surface area contributed by atoms with Crippen molar-refractivity contribution >= 4 is 34.5 Å². The van der Waals surface area contributed by atoms with Gasteiger partial charge in [0.15, 0.2) is 0 Å². The van der Waals surface area contributed by atoms with Crippen molar-refractivity contribution < 1.29 is 14.6 Å². The second kappa shape index (κ2) is 6.33. The summed E-state index contributed by atoms with van der Waals surface area (Å²) in [6.07, 6.45) is 1.62. The smallest absolute Gasteiger partial charge is 0.331 e. The third kappa shape index (κ3) is 3.12. The minimum Gasteiger partial charge on any atom is -0.478 e. The maximum atomic E-state index is 11.1. The van der Waals surface area contributed by atoms with Crippen LogP contribution in [0.3, 0.4) is 0 Å². The Morgan fingerprint density at radius 3 is 2.81 bits per heavy atom. The summed E-state index contributed by atoms with van der Waals surface area (Å²) in [7, 11) is 1.64. The average molecular weight is 308 g/mol. The Balaban J connectivity index is 2.68. The molecule has 0 aliphatic carbocycles. The van der Waals surface area contributed by atoms with Gasteiger partial charge in [-0.2, -0.15) is 0 Å². The fraction of sp³-hybridized carbons (Fsp3) is 0.312. The van der Waals surface area contributed by atoms with Crippen LogP contribution in [0.4, 0.5) is 0 Å². The molecule has 112 valence electrons. The Hall–Kier alpha value is -1.78. The molecule has 5 heteroatoms. The molecule has 1 heterocycles. The topological polar surface area (TPSA) is 51.5 Å². The second-order valence-corrected chi connectivity index (χ2v) is 5.36. The summed E-state index contributed by atoms with van der Waals surface area (Å²) < 4.78 is 7.06. The van der Waals surface area contributed by atoms with Crippen molar-refractivity contribution in [2.75, 3.05) is 13.7 Å². The lowest BCUT2D eigenvalue weighted by molar-refractivity contribution is -0.132. The highest BCUT2D eigenvalue weighted by molar-refractivity contribution is 6.33. The summed E-state index contributed by atoms with van der Waals surface area (Å²) in [6, 6.07) is 6.03. The van der Waals surface area contributed by atoms with E-state index in [4.69, 9.17) is 21.4 Å². The minimum absolute atomic E-state index is 0.254. The molecule has 2 rings (SSSR count). The van der Waals surface area contributed by atoms with Crippen LogP contribution in [0.1, 0.15) is 18.1 Å². The molecular formula is C16H18ClNO3. The van der Waals surface area contributed by atoms with E-state index in [-0.39, 0.29) is 5.57 Å². The van der Waals surface area contributed by atoms with E-state index in [9.17, 15) is 4.79 Å². The van der Waals surface area contributed by atoms with E-state index in [0.29, 0.717) is 18.3 Å². The molecule has 0 aliphatic rings. The summed E-state index contributed by atoms with van der Waals surface area (Å²) in [5.41, 5.74) is 3.08. The lowest BCUT2D eigenvalue weighted by atomic mass is 10.1. The number of methoxy groups -OCH3 is 1. The maximum Gasteiger partial charge on any atom is 0.331 e. The third-order valence-electron chi connectivity index (χ3n) is 3.41. The third-order valence-corrected chi connectivity index (χ3v) is 3.82. The van der Waals surface area contributed by atoms with Crippen LogP contribution in [-0.2, 0) is 16.1 Å². The van der Waals surface area contributed by atoms with E-state index >= 15 is 0 Å². The molecular weight excluding hydrogens is 290 g/mol. The van der Waals surface area contributed by atoms with Gasteiger partial charge in [-0.25, -0.2) is 4.79 Å². The van der Waals surface area contributed by atoms with Gasteiger partial charge in [-0.1, -0.05) is 23.2 Å². The first-order chi connectivity index (χ1) is 9.95. The molecule has 0 unspecified atom stereocenters. The van der Waals surface area contributed by atoms with Crippen molar-refractivity contribution in [3.8, 4) is 0 Å². The number of hydrogen-bond donors (Lipinski definition) is 1. The molecule has 0 fully saturated rings. The number of aromatic nitrogens is 1. The van der Waals surface area contributed by atoms with Gasteiger partial charge in [0.2, 0.25) is 0 Å². The number of ether oxygens (including phenoxy) is 1. The van der Waals surface area contributed by atoms with Crippen LogP contribution < -0.4 is 0 Å². The van der Waals surface area contributed by atoms with Gasteiger partial charge >= 0.3 is 5.97 Å². The van der Waals surface area contributed by atoms with E-state index in [1.165, 1.54) is 0 Å². The number of aliphatic carboxylic acids is 1. The van der Waals surface area contributed by atoms with Crippen LogP contribution >= 0.6 is 11.6 Å². The van der Waals surface area contributed by atoms with E-state index in [2.05, 4.69) is 0 Å². The van der Waals surface area contributed by atoms with Crippen molar-refractivity contribution in [2.24, 2.45) is 0 Å². The molecule has 1 aromatic heterocycles. The highest BCUT2D eigenvalue weighted by Crippen LogP contribution is 2.32. The fourth-order valence-corrected chi connectivity index (χ4v) is 2.61. The predicted octanol–water partition coefficient (Wildman–Crippen LogP) is 3.74. The number of fused-ring (bicyclic) bond motifs is 1. The van der Waals surface area contributed by atoms with Crippen LogP contribution in [0.25, 0.3) is 17.0 Å². The van der Waals surface area contributed by atoms with Crippen molar-refractivity contribution in [3.05, 3.63) is 40.1 Å². The predicted molar refractivity (Wildman–Crippen MR) is 84.8 cm³/mol. The lowest BCUT2D eigenvalue weighted by Gasteiger charge is -2.06. The summed E-state index contributed by atoms with van der Waals surface area (Å²) >= 11 is 6.46. The molecule has 0 amide bonds. The summed E-state index contributed by atoms with van der Waals surface area (Å²) in [4.78, 5) is 11.1. The number of hydrogen-bond acceptors (Lipinski definition) is 2. The monoisotopic (exact) mass is 307 g/mol. The van der Waals surface area contributed by atoms with Crippen molar-refractivity contribution in [1.82, 2.24) is 4.57 Å². The first-order valence-corrected chi connectivity index (χ1v) is 7.02. The molecule has 1 aromatic carbocycles. The van der Waals surface area contributed by atoms with Crippen molar-refractivity contribution in [3.63, 3.8) is 0 Å². The number of aryl methyl sites for hydroxylation is 1. The SMILES string of the molecule is COCCn1c(Cl)c(/C=C(\C)C(=O)O)c2cc(C)ccc21. The van der Waals surface area contributed by atoms with Gasteiger partial charge in [0, 0.05) is 35.7 Å². The normalized spacial score (nSPS) is 12.1. The molecule has 2 aromatic rings. The molecule has 0 radical (unpaired) electrons. The number of rotatable bonds is 5. The molecule has 4 nitrogen and oxygen atoms in total. The quantitative estimate of drug-likeness (QED) is 0.856. The number of carboxylic acids is 1. The molecule has 0 aliphatic heterocycles. The highest BCUT2D eigenvalue weighted by Gasteiger charge is 2.15. The summed E-state index contributed by atoms with van der Waals surface area (Å²) in [5.74, 6) is -0.948. The summed E-state index contributed by atoms with van der Waals surface area (Å²) in [5, 5.41) is 10.6. The van der Waals surface area contributed by atoms with Crippen LogP contribution in [0.2, 0.25) is 5.15 Å². The number of benzene rings is 1. The molecule has 0 bridgehead atoms. The number of carbonyl (C=O) groups is 1. The molecule has 0 spiro atoms. The van der Waals surface area contributed by atoms with Crippen molar-refractivity contribution in [2.45, 2.75) is 20.4 Å². The van der Waals surface area contributed by atoms with Crippen LogP contribution in [0.5, 0.6) is 0 Å². The standard InChI is InChI=1S/C16H18ClNO3/c1-10-4-5-14-12(8-10)13(9-11(2)16(19)20)15(17)18(14)6-7-21-3/h4-5,8-9H,6-7H2,1-3H3,(H,19,20)/b11-9+. The Morgan fingerprint density at radius 1 is 1.48 bits per heavy atom. The molecule has 0 saturated carbocycles. The fourth-order valence-electron chi connectivity index (χ4n) is 2.28. The Kier molecular flexibility index (Phi) is 4.70. The minimum atomic E-state index is -0.948. The Labute approximate surface area is 128 Å². The zero-order chi connectivity index (χ0) is 15.6. The highest BCUT2D eigenvalue weighted by atomic mass is 35.5. The van der Waals surface area contributed by atoms with Gasteiger partial charge in [0.25, 0.3) is 0 Å². The first kappa shape index (κ1) is 15.6. The number of halogens is 1. The van der Waals surface area contributed by atoms with Gasteiger partial charge in [-0.15, -0.1) is 0 Å². The molecule has 1 N–H and O–H groups in total. The Morgan fingerprint density at radius 2 is 2.19 bits per heavy atom. The summed E-state index contributed by atoms with van der Waals surface area (Å²) in [6.45, 7) is 4.72. The van der Waals surface area contributed by atoms with E-state index in [1.54, 1.807) is 20.1 Å². The van der Waals surface area contributed by atoms with Crippen LogP contribution in [0.15, 0.2) is 23.8 Å². The van der Waals surface area contributed by atoms with Gasteiger partial charge in [-0.3, -0.25) is 0 Å². The van der Waals surface area contributed by atoms with Crippen molar-refractivity contribution in [1.29, 1.82) is 0 Å². The van der Waals surface area contributed by atoms with Gasteiger partial charge in [0.05, 0.1) is 6.61 Å². The van der Waals surface area contributed by atoms with E-state index < -0.39 is 5.97 Å². The van der Waals surface area contributed by atoms with E-state index in [1.807, 2.05) is 29.7 Å². The molecule has 0 saturated heterocycles. The van der Waals surface area contributed by atoms with Crippen LogP contribution in [0, 0.1) is 6.92 Å². The first-order valence-electron chi connectivity index (χ1n) is 6.64. The lowest BCUT2D eigenvalue weighted by Crippen LogP contribution is -2.04. The van der Waals surface area contributed by atoms with E-state index in [0.717, 1.165) is 22.0 Å².